The van der Waals surface area contributed by atoms with E-state index < -0.39 is 0 Å². The van der Waals surface area contributed by atoms with Crippen LogP contribution in [0.4, 0.5) is 0 Å². The molecule has 2 aliphatic rings. The summed E-state index contributed by atoms with van der Waals surface area (Å²) in [5.74, 6) is 1.25. The molecule has 0 spiro atoms. The van der Waals surface area contributed by atoms with Crippen molar-refractivity contribution in [2.45, 2.75) is 57.7 Å². The van der Waals surface area contributed by atoms with E-state index in [1.165, 1.54) is 11.3 Å². The van der Waals surface area contributed by atoms with Gasteiger partial charge in [-0.15, -0.1) is 11.3 Å². The summed E-state index contributed by atoms with van der Waals surface area (Å²) in [7, 11) is 0. The highest BCUT2D eigenvalue weighted by molar-refractivity contribution is 7.12. The van der Waals surface area contributed by atoms with Crippen LogP contribution in [-0.4, -0.2) is 36.2 Å². The number of quaternary nitrogens is 1. The van der Waals surface area contributed by atoms with Crippen molar-refractivity contribution in [3.63, 3.8) is 0 Å². The van der Waals surface area contributed by atoms with Crippen molar-refractivity contribution in [2.75, 3.05) is 13.2 Å². The molecular formula is C16H25N2O3S+. The van der Waals surface area contributed by atoms with Gasteiger partial charge in [-0.1, -0.05) is 0 Å². The number of carbonyl (C=O) groups excluding carboxylic acids is 1. The third-order valence-corrected chi connectivity index (χ3v) is 5.11. The monoisotopic (exact) mass is 325 g/mol. The van der Waals surface area contributed by atoms with E-state index >= 15 is 0 Å². The Morgan fingerprint density at radius 3 is 2.55 bits per heavy atom. The summed E-state index contributed by atoms with van der Waals surface area (Å²) in [6, 6.07) is 0.185. The molecule has 0 aliphatic carbocycles. The lowest BCUT2D eigenvalue weighted by atomic mass is 9.79. The Morgan fingerprint density at radius 1 is 1.23 bits per heavy atom. The molecular weight excluding hydrogens is 300 g/mol. The number of thiophene rings is 1. The Bertz CT molecular complexity index is 564. The van der Waals surface area contributed by atoms with Gasteiger partial charge in [-0.05, 0) is 27.7 Å². The summed E-state index contributed by atoms with van der Waals surface area (Å²) in [6.07, 6.45) is 1.93. The van der Waals surface area contributed by atoms with Crippen molar-refractivity contribution in [1.82, 2.24) is 5.32 Å². The molecule has 0 atom stereocenters. The van der Waals surface area contributed by atoms with Crippen molar-refractivity contribution < 1.29 is 19.6 Å². The van der Waals surface area contributed by atoms with Crippen molar-refractivity contribution >= 4 is 17.2 Å². The molecule has 1 aromatic rings. The highest BCUT2D eigenvalue weighted by atomic mass is 32.1. The molecule has 3 N–H and O–H groups in total. The van der Waals surface area contributed by atoms with Crippen molar-refractivity contribution in [3.8, 4) is 11.5 Å². The van der Waals surface area contributed by atoms with Gasteiger partial charge in [-0.3, -0.25) is 4.79 Å². The number of rotatable bonds is 2. The van der Waals surface area contributed by atoms with Gasteiger partial charge >= 0.3 is 0 Å². The molecule has 1 aromatic heterocycles. The molecule has 6 heteroatoms. The minimum absolute atomic E-state index is 0.0461. The first-order valence-electron chi connectivity index (χ1n) is 7.81. The largest absolute Gasteiger partial charge is 0.485 e. The lowest BCUT2D eigenvalue weighted by Gasteiger charge is -2.43. The second-order valence-electron chi connectivity index (χ2n) is 7.66. The molecule has 1 fully saturated rings. The molecule has 22 heavy (non-hydrogen) atoms. The summed E-state index contributed by atoms with van der Waals surface area (Å²) >= 11 is 1.39. The van der Waals surface area contributed by atoms with Gasteiger partial charge < -0.3 is 20.1 Å². The zero-order chi connectivity index (χ0) is 16.0. The van der Waals surface area contributed by atoms with E-state index in [1.54, 1.807) is 0 Å². The molecule has 0 unspecified atom stereocenters. The molecule has 2 aliphatic heterocycles. The Labute approximate surface area is 135 Å². The number of ether oxygens (including phenoxy) is 2. The summed E-state index contributed by atoms with van der Waals surface area (Å²) in [4.78, 5) is 13.2. The Balaban J connectivity index is 1.73. The first-order chi connectivity index (χ1) is 10.3. The SMILES string of the molecule is CC1(C)CC(NC(=O)c2scc3c2OCCO3)CC(C)(C)[NH2+]1. The van der Waals surface area contributed by atoms with E-state index in [0.29, 0.717) is 29.6 Å². The van der Waals surface area contributed by atoms with Crippen LogP contribution in [0, 0.1) is 0 Å². The highest BCUT2D eigenvalue weighted by Gasteiger charge is 2.42. The van der Waals surface area contributed by atoms with E-state index in [2.05, 4.69) is 38.3 Å². The van der Waals surface area contributed by atoms with Crippen LogP contribution in [0.5, 0.6) is 11.5 Å². The van der Waals surface area contributed by atoms with Crippen molar-refractivity contribution in [2.24, 2.45) is 0 Å². The summed E-state index contributed by atoms with van der Waals surface area (Å²) in [6.45, 7) is 9.98. The number of amides is 1. The normalized spacial score (nSPS) is 23.1. The number of nitrogens with two attached hydrogens (primary N) is 1. The lowest BCUT2D eigenvalue weighted by molar-refractivity contribution is -0.787. The van der Waals surface area contributed by atoms with Crippen LogP contribution in [0.25, 0.3) is 0 Å². The maximum atomic E-state index is 12.6. The Hall–Kier alpha value is -1.27. The number of hydrogen-bond acceptors (Lipinski definition) is 4. The van der Waals surface area contributed by atoms with Crippen molar-refractivity contribution in [1.29, 1.82) is 0 Å². The molecule has 5 nitrogen and oxygen atoms in total. The summed E-state index contributed by atoms with van der Waals surface area (Å²) in [5, 5.41) is 7.46. The third-order valence-electron chi connectivity index (χ3n) is 4.17. The van der Waals surface area contributed by atoms with E-state index in [0.717, 1.165) is 12.8 Å². The molecule has 122 valence electrons. The standard InChI is InChI=1S/C16H24N2O3S/c1-15(2)7-10(8-16(3,4)18-15)17-14(19)13-12-11(9-22-13)20-5-6-21-12/h9-10,18H,5-8H2,1-4H3,(H,17,19)/p+1. The van der Waals surface area contributed by atoms with Crippen LogP contribution in [0.1, 0.15) is 50.2 Å². The topological polar surface area (TPSA) is 64.2 Å². The smallest absolute Gasteiger partial charge is 0.265 e. The fourth-order valence-corrected chi connectivity index (χ4v) is 4.72. The maximum Gasteiger partial charge on any atom is 0.265 e. The van der Waals surface area contributed by atoms with E-state index in [4.69, 9.17) is 9.47 Å². The minimum Gasteiger partial charge on any atom is -0.485 e. The lowest BCUT2D eigenvalue weighted by Crippen LogP contribution is -3.06. The van der Waals surface area contributed by atoms with Crippen LogP contribution in [0.15, 0.2) is 5.38 Å². The molecule has 1 saturated heterocycles. The quantitative estimate of drug-likeness (QED) is 0.867. The van der Waals surface area contributed by atoms with Crippen LogP contribution < -0.4 is 20.1 Å². The van der Waals surface area contributed by atoms with Gasteiger partial charge in [-0.2, -0.15) is 0 Å². The first kappa shape index (κ1) is 15.6. The van der Waals surface area contributed by atoms with Gasteiger partial charge in [0.2, 0.25) is 0 Å². The maximum absolute atomic E-state index is 12.6. The van der Waals surface area contributed by atoms with E-state index in [-0.39, 0.29) is 23.0 Å². The van der Waals surface area contributed by atoms with Crippen LogP contribution in [0.3, 0.4) is 0 Å². The third kappa shape index (κ3) is 3.22. The van der Waals surface area contributed by atoms with Crippen LogP contribution in [-0.2, 0) is 0 Å². The average Bonchev–Trinajstić information content (AvgIpc) is 2.78. The number of nitrogens with one attached hydrogen (secondary N) is 1. The average molecular weight is 325 g/mol. The number of carbonyl (C=O) groups is 1. The van der Waals surface area contributed by atoms with Gasteiger partial charge in [0.25, 0.3) is 5.91 Å². The highest BCUT2D eigenvalue weighted by Crippen LogP contribution is 2.39. The Morgan fingerprint density at radius 2 is 1.86 bits per heavy atom. The second-order valence-corrected chi connectivity index (χ2v) is 8.53. The van der Waals surface area contributed by atoms with E-state index in [1.807, 2.05) is 5.38 Å². The van der Waals surface area contributed by atoms with Gasteiger partial charge in [0.1, 0.15) is 18.1 Å². The van der Waals surface area contributed by atoms with Gasteiger partial charge in [0.05, 0.1) is 11.1 Å². The van der Waals surface area contributed by atoms with Crippen molar-refractivity contribution in [3.05, 3.63) is 10.3 Å². The predicted octanol–water partition coefficient (Wildman–Crippen LogP) is 1.53. The van der Waals surface area contributed by atoms with E-state index in [9.17, 15) is 4.79 Å². The molecule has 0 aromatic carbocycles. The van der Waals surface area contributed by atoms with Crippen LogP contribution in [0.2, 0.25) is 0 Å². The molecule has 3 rings (SSSR count). The zero-order valence-corrected chi connectivity index (χ0v) is 14.5. The molecule has 0 saturated carbocycles. The molecule has 1 amide bonds. The summed E-state index contributed by atoms with van der Waals surface area (Å²) < 4.78 is 11.1. The van der Waals surface area contributed by atoms with Crippen LogP contribution >= 0.6 is 11.3 Å². The van der Waals surface area contributed by atoms with Gasteiger partial charge in [-0.25, -0.2) is 0 Å². The molecule has 0 radical (unpaired) electrons. The zero-order valence-electron chi connectivity index (χ0n) is 13.7. The minimum atomic E-state index is -0.0461. The Kier molecular flexibility index (Phi) is 3.85. The molecule has 3 heterocycles. The number of fused-ring (bicyclic) bond motifs is 1. The number of piperidine rings is 1. The predicted molar refractivity (Wildman–Crippen MR) is 85.9 cm³/mol. The number of hydrogen-bond donors (Lipinski definition) is 2. The fraction of sp³-hybridized carbons (Fsp3) is 0.688. The van der Waals surface area contributed by atoms with Gasteiger partial charge in [0, 0.05) is 24.3 Å². The summed E-state index contributed by atoms with van der Waals surface area (Å²) in [5.41, 5.74) is 0.266. The molecule has 0 bridgehead atoms. The van der Waals surface area contributed by atoms with Gasteiger partial charge in [0.15, 0.2) is 11.5 Å². The second kappa shape index (κ2) is 5.42. The first-order valence-corrected chi connectivity index (χ1v) is 8.69. The fourth-order valence-electron chi connectivity index (χ4n) is 3.89.